The Balaban J connectivity index is 1.84. The Kier molecular flexibility index (Phi) is 7.92. The molecule has 1 atom stereocenters. The summed E-state index contributed by atoms with van der Waals surface area (Å²) in [6.07, 6.45) is 0. The number of nitrogens with zero attached hydrogens (tertiary/aromatic N) is 1. The van der Waals surface area contributed by atoms with Crippen molar-refractivity contribution in [1.29, 1.82) is 0 Å². The van der Waals surface area contributed by atoms with E-state index in [1.54, 1.807) is 36.4 Å². The van der Waals surface area contributed by atoms with Gasteiger partial charge < -0.3 is 0 Å². The zero-order chi connectivity index (χ0) is 29.6. The second-order valence-electron chi connectivity index (χ2n) is 10.0. The summed E-state index contributed by atoms with van der Waals surface area (Å²) in [7, 11) is -8.50. The number of hydrogen-bond donors (Lipinski definition) is 0. The lowest BCUT2D eigenvalue weighted by atomic mass is 9.75. The van der Waals surface area contributed by atoms with Crippen LogP contribution in [0.25, 0.3) is 9.15 Å². The standard InChI is InChI=1S/C31H25ClINO5S2/c1-21-13-16-24(17-14-21)40(36,37)20-31(2)28(29(33)22-9-5-3-6-10-22)26-19-23(32)15-18-27(26)34(30(31)35)41(38,39)25-11-7-4-8-12-25/h3-19H,20H2,1-2H3/b29-28-. The first-order chi connectivity index (χ1) is 19.4. The predicted molar refractivity (Wildman–Crippen MR) is 171 cm³/mol. The molecule has 210 valence electrons. The average molecular weight is 718 g/mol. The third-order valence-corrected chi connectivity index (χ3v) is 12.1. The van der Waals surface area contributed by atoms with E-state index in [1.807, 2.05) is 37.3 Å². The Bertz CT molecular complexity index is 1890. The third kappa shape index (κ3) is 5.36. The molecule has 1 heterocycles. The van der Waals surface area contributed by atoms with Gasteiger partial charge in [0.1, 0.15) is 0 Å². The summed E-state index contributed by atoms with van der Waals surface area (Å²) < 4.78 is 57.3. The molecule has 0 saturated heterocycles. The number of carbonyl (C=O) groups is 1. The number of amides is 1. The molecule has 0 N–H and O–H groups in total. The van der Waals surface area contributed by atoms with Gasteiger partial charge in [-0.3, -0.25) is 4.79 Å². The molecule has 1 aliphatic heterocycles. The van der Waals surface area contributed by atoms with E-state index in [1.165, 1.54) is 43.3 Å². The van der Waals surface area contributed by atoms with Crippen LogP contribution in [0.3, 0.4) is 0 Å². The lowest BCUT2D eigenvalue weighted by molar-refractivity contribution is -0.122. The summed E-state index contributed by atoms with van der Waals surface area (Å²) >= 11 is 8.55. The predicted octanol–water partition coefficient (Wildman–Crippen LogP) is 7.17. The SMILES string of the molecule is Cc1ccc(S(=O)(=O)CC2(C)C(=O)N(S(=O)(=O)c3ccccc3)c3ccc(Cl)cc3/C2=C(/I)c2ccccc2)cc1. The lowest BCUT2D eigenvalue weighted by Gasteiger charge is -2.42. The fourth-order valence-electron chi connectivity index (χ4n) is 4.99. The van der Waals surface area contributed by atoms with E-state index in [4.69, 9.17) is 11.6 Å². The molecule has 1 aliphatic rings. The Hall–Kier alpha value is -2.99. The molecular formula is C31H25ClINO5S2. The van der Waals surface area contributed by atoms with Crippen molar-refractivity contribution in [2.75, 3.05) is 10.1 Å². The van der Waals surface area contributed by atoms with Crippen LogP contribution in [0.1, 0.15) is 23.6 Å². The van der Waals surface area contributed by atoms with Crippen LogP contribution in [0, 0.1) is 12.3 Å². The number of fused-ring (bicyclic) bond motifs is 1. The fraction of sp³-hybridized carbons (Fsp3) is 0.129. The number of sulfone groups is 1. The van der Waals surface area contributed by atoms with Crippen LogP contribution >= 0.6 is 34.2 Å². The average Bonchev–Trinajstić information content (AvgIpc) is 2.94. The van der Waals surface area contributed by atoms with Gasteiger partial charge in [0.15, 0.2) is 9.84 Å². The lowest BCUT2D eigenvalue weighted by Crippen LogP contribution is -2.52. The molecule has 5 rings (SSSR count). The summed E-state index contributed by atoms with van der Waals surface area (Å²) in [5.74, 6) is -1.53. The fourth-order valence-corrected chi connectivity index (χ4v) is 9.70. The summed E-state index contributed by atoms with van der Waals surface area (Å²) in [5, 5.41) is 0.314. The van der Waals surface area contributed by atoms with E-state index in [9.17, 15) is 21.6 Å². The Morgan fingerprint density at radius 3 is 2.02 bits per heavy atom. The zero-order valence-electron chi connectivity index (χ0n) is 22.1. The maximum atomic E-state index is 14.6. The van der Waals surface area contributed by atoms with Crippen molar-refractivity contribution >= 4 is 74.8 Å². The van der Waals surface area contributed by atoms with Crippen LogP contribution in [0.15, 0.2) is 113 Å². The number of sulfonamides is 1. The van der Waals surface area contributed by atoms with Crippen molar-refractivity contribution in [3.63, 3.8) is 0 Å². The van der Waals surface area contributed by atoms with E-state index in [0.717, 1.165) is 15.4 Å². The molecule has 0 aliphatic carbocycles. The quantitative estimate of drug-likeness (QED) is 0.198. The van der Waals surface area contributed by atoms with Crippen LogP contribution in [0.2, 0.25) is 5.02 Å². The largest absolute Gasteiger partial charge is 0.272 e. The van der Waals surface area contributed by atoms with Gasteiger partial charge >= 0.3 is 0 Å². The smallest absolute Gasteiger partial charge is 0.270 e. The topological polar surface area (TPSA) is 88.6 Å². The summed E-state index contributed by atoms with van der Waals surface area (Å²) in [6, 6.07) is 27.8. The normalized spacial score (nSPS) is 18.6. The van der Waals surface area contributed by atoms with Gasteiger partial charge in [0.05, 0.1) is 26.6 Å². The highest BCUT2D eigenvalue weighted by molar-refractivity contribution is 14.1. The highest BCUT2D eigenvalue weighted by Gasteiger charge is 2.53. The van der Waals surface area contributed by atoms with Crippen molar-refractivity contribution in [2.45, 2.75) is 23.6 Å². The minimum Gasteiger partial charge on any atom is -0.272 e. The number of aryl methyl sites for hydroxylation is 1. The van der Waals surface area contributed by atoms with Gasteiger partial charge in [-0.05, 0) is 90.0 Å². The number of anilines is 1. The van der Waals surface area contributed by atoms with E-state index < -0.39 is 36.9 Å². The Morgan fingerprint density at radius 2 is 1.41 bits per heavy atom. The molecule has 41 heavy (non-hydrogen) atoms. The van der Waals surface area contributed by atoms with Crippen molar-refractivity contribution in [2.24, 2.45) is 5.41 Å². The molecule has 0 spiro atoms. The van der Waals surface area contributed by atoms with Gasteiger partial charge in [0, 0.05) is 14.2 Å². The first kappa shape index (κ1) is 29.5. The highest BCUT2D eigenvalue weighted by atomic mass is 127. The van der Waals surface area contributed by atoms with Crippen LogP contribution < -0.4 is 4.31 Å². The molecule has 10 heteroatoms. The first-order valence-corrected chi connectivity index (χ1v) is 17.1. The minimum atomic E-state index is -4.43. The molecular weight excluding hydrogens is 693 g/mol. The number of halogens is 2. The second kappa shape index (κ2) is 11.0. The first-order valence-electron chi connectivity index (χ1n) is 12.6. The highest BCUT2D eigenvalue weighted by Crippen LogP contribution is 2.53. The summed E-state index contributed by atoms with van der Waals surface area (Å²) in [6.45, 7) is 3.34. The molecule has 0 aromatic heterocycles. The maximum Gasteiger partial charge on any atom is 0.270 e. The number of rotatable bonds is 6. The molecule has 0 fully saturated rings. The summed E-state index contributed by atoms with van der Waals surface area (Å²) in [5.41, 5.74) is 0.685. The van der Waals surface area contributed by atoms with Gasteiger partial charge in [-0.1, -0.05) is 77.8 Å². The number of hydrogen-bond acceptors (Lipinski definition) is 5. The van der Waals surface area contributed by atoms with Crippen molar-refractivity contribution in [3.05, 3.63) is 125 Å². The van der Waals surface area contributed by atoms with Gasteiger partial charge in [-0.25, -0.2) is 21.1 Å². The number of benzene rings is 4. The molecule has 0 radical (unpaired) electrons. The van der Waals surface area contributed by atoms with Crippen molar-refractivity contribution < 1.29 is 21.6 Å². The monoisotopic (exact) mass is 717 g/mol. The van der Waals surface area contributed by atoms with E-state index in [2.05, 4.69) is 22.6 Å². The zero-order valence-corrected chi connectivity index (χ0v) is 26.6. The summed E-state index contributed by atoms with van der Waals surface area (Å²) in [4.78, 5) is 14.6. The molecule has 1 amide bonds. The second-order valence-corrected chi connectivity index (χ2v) is 15.3. The van der Waals surface area contributed by atoms with Gasteiger partial charge in [-0.15, -0.1) is 0 Å². The van der Waals surface area contributed by atoms with E-state index in [0.29, 0.717) is 19.7 Å². The van der Waals surface area contributed by atoms with Gasteiger partial charge in [0.2, 0.25) is 0 Å². The van der Waals surface area contributed by atoms with Crippen molar-refractivity contribution in [1.82, 2.24) is 0 Å². The molecule has 0 saturated carbocycles. The van der Waals surface area contributed by atoms with E-state index in [-0.39, 0.29) is 15.5 Å². The minimum absolute atomic E-state index is 0.0422. The maximum absolute atomic E-state index is 14.6. The van der Waals surface area contributed by atoms with Gasteiger partial charge in [-0.2, -0.15) is 0 Å². The molecule has 4 aromatic carbocycles. The molecule has 1 unspecified atom stereocenters. The van der Waals surface area contributed by atoms with Gasteiger partial charge in [0.25, 0.3) is 15.9 Å². The van der Waals surface area contributed by atoms with Crippen LogP contribution in [0.4, 0.5) is 5.69 Å². The van der Waals surface area contributed by atoms with Crippen molar-refractivity contribution in [3.8, 4) is 0 Å². The molecule has 4 aromatic rings. The Labute approximate surface area is 258 Å². The Morgan fingerprint density at radius 1 is 0.829 bits per heavy atom. The van der Waals surface area contributed by atoms with Crippen LogP contribution in [-0.2, 0) is 24.7 Å². The number of carbonyl (C=O) groups excluding carboxylic acids is 1. The molecule has 0 bridgehead atoms. The van der Waals surface area contributed by atoms with Crippen LogP contribution in [0.5, 0.6) is 0 Å². The van der Waals surface area contributed by atoms with E-state index >= 15 is 0 Å². The molecule has 6 nitrogen and oxygen atoms in total. The third-order valence-electron chi connectivity index (χ3n) is 7.04. The van der Waals surface area contributed by atoms with Crippen LogP contribution in [-0.4, -0.2) is 28.5 Å².